The van der Waals surface area contributed by atoms with Gasteiger partial charge in [-0.15, -0.1) is 0 Å². The van der Waals surface area contributed by atoms with Gasteiger partial charge in [-0.1, -0.05) is 0 Å². The molecule has 2 aromatic rings. The van der Waals surface area contributed by atoms with Gasteiger partial charge in [-0.2, -0.15) is 0 Å². The van der Waals surface area contributed by atoms with Gasteiger partial charge >= 0.3 is 0 Å². The van der Waals surface area contributed by atoms with Crippen LogP contribution in [0.15, 0.2) is 29.0 Å². The number of aromatic nitrogens is 2. The molecule has 1 aromatic heterocycles. The average molecular weight is 312 g/mol. The number of aromatic hydroxyl groups is 1. The van der Waals surface area contributed by atoms with Crippen LogP contribution in [0.1, 0.15) is 11.4 Å². The molecule has 0 unspecified atom stereocenters. The van der Waals surface area contributed by atoms with Gasteiger partial charge in [-0.25, -0.2) is 4.98 Å². The highest BCUT2D eigenvalue weighted by molar-refractivity contribution is 9.10. The number of hydrogen-bond acceptors (Lipinski definition) is 4. The standard InChI is InChI=1S/C12H14BrN3O2/c1-18-10-5-8(4-9(13)12(10)17)6-14-7-11-15-2-3-16-11/h2-5,14,17H,6-7H2,1H3,(H,15,16). The zero-order valence-electron chi connectivity index (χ0n) is 9.90. The Hall–Kier alpha value is -1.53. The molecule has 96 valence electrons. The van der Waals surface area contributed by atoms with Crippen molar-refractivity contribution < 1.29 is 9.84 Å². The van der Waals surface area contributed by atoms with Crippen molar-refractivity contribution in [3.63, 3.8) is 0 Å². The summed E-state index contributed by atoms with van der Waals surface area (Å²) in [6.45, 7) is 1.32. The number of nitrogens with zero attached hydrogens (tertiary/aromatic N) is 1. The molecular weight excluding hydrogens is 298 g/mol. The van der Waals surface area contributed by atoms with Gasteiger partial charge in [0.2, 0.25) is 0 Å². The normalized spacial score (nSPS) is 10.6. The first-order valence-electron chi connectivity index (χ1n) is 5.45. The zero-order valence-corrected chi connectivity index (χ0v) is 11.5. The fourth-order valence-electron chi connectivity index (χ4n) is 1.60. The Balaban J connectivity index is 1.99. The molecule has 0 amide bonds. The van der Waals surface area contributed by atoms with Gasteiger partial charge in [0.1, 0.15) is 5.82 Å². The van der Waals surface area contributed by atoms with E-state index in [0.717, 1.165) is 11.4 Å². The lowest BCUT2D eigenvalue weighted by Gasteiger charge is -2.09. The zero-order chi connectivity index (χ0) is 13.0. The molecule has 1 aromatic carbocycles. The van der Waals surface area contributed by atoms with E-state index in [4.69, 9.17) is 4.74 Å². The monoisotopic (exact) mass is 311 g/mol. The van der Waals surface area contributed by atoms with E-state index in [0.29, 0.717) is 23.3 Å². The summed E-state index contributed by atoms with van der Waals surface area (Å²) in [5.41, 5.74) is 1.02. The van der Waals surface area contributed by atoms with E-state index in [1.54, 1.807) is 18.5 Å². The molecule has 3 N–H and O–H groups in total. The molecular formula is C12H14BrN3O2. The van der Waals surface area contributed by atoms with Crippen LogP contribution >= 0.6 is 15.9 Å². The molecule has 1 heterocycles. The Morgan fingerprint density at radius 3 is 2.94 bits per heavy atom. The van der Waals surface area contributed by atoms with Gasteiger partial charge in [0.25, 0.3) is 0 Å². The van der Waals surface area contributed by atoms with Gasteiger partial charge in [0.15, 0.2) is 11.5 Å². The molecule has 0 aliphatic rings. The van der Waals surface area contributed by atoms with Gasteiger partial charge in [-0.05, 0) is 33.6 Å². The van der Waals surface area contributed by atoms with E-state index in [1.807, 2.05) is 6.07 Å². The first-order chi connectivity index (χ1) is 8.70. The van der Waals surface area contributed by atoms with E-state index in [1.165, 1.54) is 7.11 Å². The SMILES string of the molecule is COc1cc(CNCc2ncc[nH]2)cc(Br)c1O. The van der Waals surface area contributed by atoms with Crippen LogP contribution in [0.4, 0.5) is 0 Å². The molecule has 0 saturated carbocycles. The van der Waals surface area contributed by atoms with Crippen molar-refractivity contribution in [2.24, 2.45) is 0 Å². The van der Waals surface area contributed by atoms with Gasteiger partial charge in [0.05, 0.1) is 18.1 Å². The van der Waals surface area contributed by atoms with Crippen LogP contribution in [-0.4, -0.2) is 22.2 Å². The van der Waals surface area contributed by atoms with E-state index in [2.05, 4.69) is 31.2 Å². The summed E-state index contributed by atoms with van der Waals surface area (Å²) in [5, 5.41) is 12.9. The Labute approximate surface area is 113 Å². The fraction of sp³-hybridized carbons (Fsp3) is 0.250. The van der Waals surface area contributed by atoms with Crippen LogP contribution in [0, 0.1) is 0 Å². The molecule has 0 atom stereocenters. The third-order valence-corrected chi connectivity index (χ3v) is 3.09. The lowest BCUT2D eigenvalue weighted by Crippen LogP contribution is -2.13. The minimum absolute atomic E-state index is 0.118. The maximum Gasteiger partial charge on any atom is 0.172 e. The summed E-state index contributed by atoms with van der Waals surface area (Å²) in [6, 6.07) is 3.65. The fourth-order valence-corrected chi connectivity index (χ4v) is 2.09. The third-order valence-electron chi connectivity index (χ3n) is 2.48. The number of hydrogen-bond donors (Lipinski definition) is 3. The highest BCUT2D eigenvalue weighted by Crippen LogP contribution is 2.35. The number of methoxy groups -OCH3 is 1. The highest BCUT2D eigenvalue weighted by Gasteiger charge is 2.08. The van der Waals surface area contributed by atoms with Crippen molar-refractivity contribution >= 4 is 15.9 Å². The minimum Gasteiger partial charge on any atom is -0.503 e. The second-order valence-electron chi connectivity index (χ2n) is 3.77. The van der Waals surface area contributed by atoms with E-state index < -0.39 is 0 Å². The average Bonchev–Trinajstić information content (AvgIpc) is 2.86. The molecule has 0 aliphatic heterocycles. The number of benzene rings is 1. The van der Waals surface area contributed by atoms with E-state index in [-0.39, 0.29) is 5.75 Å². The highest BCUT2D eigenvalue weighted by atomic mass is 79.9. The summed E-state index contributed by atoms with van der Waals surface area (Å²) in [7, 11) is 1.53. The molecule has 0 spiro atoms. The Morgan fingerprint density at radius 2 is 2.28 bits per heavy atom. The first-order valence-corrected chi connectivity index (χ1v) is 6.24. The number of halogens is 1. The largest absolute Gasteiger partial charge is 0.503 e. The van der Waals surface area contributed by atoms with Gasteiger partial charge in [0, 0.05) is 18.9 Å². The molecule has 0 saturated heterocycles. The number of H-pyrrole nitrogens is 1. The maximum atomic E-state index is 9.69. The Morgan fingerprint density at radius 1 is 1.44 bits per heavy atom. The van der Waals surface area contributed by atoms with Gasteiger partial charge in [-0.3, -0.25) is 0 Å². The van der Waals surface area contributed by atoms with Crippen molar-refractivity contribution in [1.82, 2.24) is 15.3 Å². The van der Waals surface area contributed by atoms with E-state index in [9.17, 15) is 5.11 Å². The smallest absolute Gasteiger partial charge is 0.172 e. The number of rotatable bonds is 5. The summed E-state index contributed by atoms with van der Waals surface area (Å²) in [6.07, 6.45) is 3.51. The molecule has 0 bridgehead atoms. The van der Waals surface area contributed by atoms with Crippen molar-refractivity contribution in [3.8, 4) is 11.5 Å². The second-order valence-corrected chi connectivity index (χ2v) is 4.62. The minimum atomic E-state index is 0.118. The number of imidazole rings is 1. The Kier molecular flexibility index (Phi) is 4.22. The number of phenolic OH excluding ortho intramolecular Hbond substituents is 1. The molecule has 18 heavy (non-hydrogen) atoms. The number of ether oxygens (including phenoxy) is 1. The lowest BCUT2D eigenvalue weighted by molar-refractivity contribution is 0.371. The van der Waals surface area contributed by atoms with Crippen LogP contribution in [0.3, 0.4) is 0 Å². The summed E-state index contributed by atoms with van der Waals surface area (Å²) in [5.74, 6) is 1.46. The van der Waals surface area contributed by atoms with Crippen molar-refractivity contribution in [3.05, 3.63) is 40.4 Å². The third kappa shape index (κ3) is 3.02. The number of phenols is 1. The number of nitrogens with one attached hydrogen (secondary N) is 2. The topological polar surface area (TPSA) is 70.2 Å². The quantitative estimate of drug-likeness (QED) is 0.791. The molecule has 2 rings (SSSR count). The van der Waals surface area contributed by atoms with Gasteiger partial charge < -0.3 is 20.1 Å². The molecule has 0 aliphatic carbocycles. The summed E-state index contributed by atoms with van der Waals surface area (Å²) >= 11 is 3.29. The Bertz CT molecular complexity index is 514. The van der Waals surface area contributed by atoms with Crippen LogP contribution in [-0.2, 0) is 13.1 Å². The summed E-state index contributed by atoms with van der Waals surface area (Å²) in [4.78, 5) is 7.14. The maximum absolute atomic E-state index is 9.69. The summed E-state index contributed by atoms with van der Waals surface area (Å²) < 4.78 is 5.71. The van der Waals surface area contributed by atoms with Crippen molar-refractivity contribution in [2.45, 2.75) is 13.1 Å². The van der Waals surface area contributed by atoms with Crippen molar-refractivity contribution in [2.75, 3.05) is 7.11 Å². The van der Waals surface area contributed by atoms with Crippen LogP contribution in [0.2, 0.25) is 0 Å². The predicted molar refractivity (Wildman–Crippen MR) is 71.5 cm³/mol. The second kappa shape index (κ2) is 5.88. The predicted octanol–water partition coefficient (Wildman–Crippen LogP) is 2.18. The van der Waals surface area contributed by atoms with E-state index >= 15 is 0 Å². The number of aromatic amines is 1. The van der Waals surface area contributed by atoms with Crippen molar-refractivity contribution in [1.29, 1.82) is 0 Å². The van der Waals surface area contributed by atoms with Crippen LogP contribution < -0.4 is 10.1 Å². The first kappa shape index (κ1) is 12.9. The molecule has 0 fully saturated rings. The molecule has 5 nitrogen and oxygen atoms in total. The van der Waals surface area contributed by atoms with Crippen LogP contribution in [0.5, 0.6) is 11.5 Å². The van der Waals surface area contributed by atoms with Crippen LogP contribution in [0.25, 0.3) is 0 Å². The lowest BCUT2D eigenvalue weighted by atomic mass is 10.2. The molecule has 6 heteroatoms. The molecule has 0 radical (unpaired) electrons.